The zero-order chi connectivity index (χ0) is 82.5. The molecule has 1 aromatic carbocycles. The highest BCUT2D eigenvalue weighted by Gasteiger charge is 2.45. The number of rotatable bonds is 44. The van der Waals surface area contributed by atoms with Crippen LogP contribution in [0.3, 0.4) is 0 Å². The van der Waals surface area contributed by atoms with Crippen LogP contribution in [0.15, 0.2) is 30.3 Å². The molecule has 0 saturated carbocycles. The summed E-state index contributed by atoms with van der Waals surface area (Å²) < 4.78 is 0. The van der Waals surface area contributed by atoms with Gasteiger partial charge in [-0.1, -0.05) is 30.3 Å². The number of nitrogens with one attached hydrogen (secondary N) is 11. The lowest BCUT2D eigenvalue weighted by atomic mass is 10.0. The molecule has 15 atom stereocenters. The number of aliphatic hydroxyl groups excluding tert-OH is 1. The summed E-state index contributed by atoms with van der Waals surface area (Å²) in [6.07, 6.45) is 0.499. The van der Waals surface area contributed by atoms with Crippen LogP contribution in [0.4, 0.5) is 0 Å². The van der Waals surface area contributed by atoms with Crippen molar-refractivity contribution in [2.75, 3.05) is 52.4 Å². The molecule has 0 aliphatic carbocycles. The number of benzene rings is 1. The maximum Gasteiger partial charge on any atom is 0.328 e. The lowest BCUT2D eigenvalue weighted by molar-refractivity contribution is -0.146. The highest BCUT2D eigenvalue weighted by atomic mass is 16.4. The summed E-state index contributed by atoms with van der Waals surface area (Å²) in [5.41, 5.74) is 11.9. The number of amides is 14. The van der Waals surface area contributed by atoms with Crippen molar-refractivity contribution >= 4 is 107 Å². The van der Waals surface area contributed by atoms with Crippen LogP contribution >= 0.6 is 0 Å². The van der Waals surface area contributed by atoms with E-state index in [-0.39, 0.29) is 116 Å². The van der Waals surface area contributed by atoms with E-state index < -0.39 is 230 Å². The number of carbonyl (C=O) groups is 18. The molecule has 0 aromatic heterocycles. The summed E-state index contributed by atoms with van der Waals surface area (Å²) in [7, 11) is 0. The molecule has 1 aromatic rings. The minimum absolute atomic E-state index is 0.000274. The first-order valence-corrected chi connectivity index (χ1v) is 38.2. The first-order valence-electron chi connectivity index (χ1n) is 38.2. The lowest BCUT2D eigenvalue weighted by Crippen LogP contribution is -2.60. The SMILES string of the molecule is C[C@H](NC(=O)[C@@H]1CCCN1C(=O)[C@H](CCC(=O)O)NC(=O)[C@H](CCCCN)NC(=O)[C@@H]1CCCN1C(=O)[C@H](C)NC(=O)[C@H](CCC(=O)O)NC(=O)[C@@H]1CCCN1C(=O)[C@H](C)NC(=O)[C@@H]1CCCN1)C(=O)N[C@@H](Cc1ccccc1)C(=O)N[C@@H](CC(=O)O)C(=O)N1CCC[C@H]1C(=O)N[C@@H](CCCCN)C(=O)N[C@@H](CO)C(=O)O. The van der Waals surface area contributed by atoms with Gasteiger partial charge >= 0.3 is 23.9 Å². The van der Waals surface area contributed by atoms with Gasteiger partial charge in [0.25, 0.3) is 0 Å². The Hall–Kier alpha value is -10.5. The van der Waals surface area contributed by atoms with Crippen molar-refractivity contribution in [3.8, 4) is 0 Å². The van der Waals surface area contributed by atoms with Crippen molar-refractivity contribution < 1.29 is 112 Å². The molecule has 40 heteroatoms. The summed E-state index contributed by atoms with van der Waals surface area (Å²) in [5, 5.41) is 76.7. The number of nitrogens with zero attached hydrogens (tertiary/aromatic N) is 4. The van der Waals surface area contributed by atoms with Crippen LogP contribution in [0.25, 0.3) is 0 Å². The molecule has 5 aliphatic rings. The van der Waals surface area contributed by atoms with Crippen molar-refractivity contribution in [1.82, 2.24) is 78.1 Å². The molecule has 5 aliphatic heterocycles. The van der Waals surface area contributed by atoms with E-state index in [4.69, 9.17) is 11.5 Å². The Labute approximate surface area is 646 Å². The van der Waals surface area contributed by atoms with Crippen LogP contribution in [0.5, 0.6) is 0 Å². The number of carboxylic acid groups (broad SMARTS) is 4. The van der Waals surface area contributed by atoms with E-state index in [0.717, 1.165) is 16.2 Å². The van der Waals surface area contributed by atoms with Crippen LogP contribution in [0, 0.1) is 0 Å². The molecule has 0 bridgehead atoms. The van der Waals surface area contributed by atoms with Crippen molar-refractivity contribution in [3.63, 3.8) is 0 Å². The molecule has 6 rings (SSSR count). The second kappa shape index (κ2) is 44.5. The molecular formula is C72H109N17O23. The fourth-order valence-electron chi connectivity index (χ4n) is 14.3. The summed E-state index contributed by atoms with van der Waals surface area (Å²) in [6.45, 7) is 4.08. The standard InChI is InChI=1S/C72H109N17O23/c1-39(58(97)83-48(36-42-16-5-4-6-17-42)63(102)84-49(37-57(95)96)71(110)89-35-15-24-54(89)67(106)80-45(19-8-10-30-74)62(101)85-50(38-90)72(111)112)76-64(103)51-21-14-34-88(51)70(109)47(26-28-56(93)94)82-61(100)44(18-7-9-29-73)79-65(104)52-22-12-32-86(52)69(108)41(3)78-60(99)46(25-27-55(91)92)81-66(105)53-23-13-33-87(53)68(107)40(2)77-59(98)43-20-11-31-75-43/h4-6,16-17,39-41,43-54,75,90H,7-15,18-38,73-74H2,1-3H3,(H,76,103)(H,77,98)(H,78,99)(H,79,104)(H,80,106)(H,81,105)(H,82,100)(H,83,97)(H,84,102)(H,85,101)(H,91,92)(H,93,94)(H,95,96)(H,111,112)/t39-,40-,41-,43-,44-,45-,46-,47-,48-,49-,50-,51-,52-,53-,54-/m0/s1. The molecule has 5 fully saturated rings. The zero-order valence-electron chi connectivity index (χ0n) is 63.3. The van der Waals surface area contributed by atoms with E-state index in [0.29, 0.717) is 44.2 Å². The van der Waals surface area contributed by atoms with Gasteiger partial charge in [-0.25, -0.2) is 4.79 Å². The van der Waals surface area contributed by atoms with Crippen LogP contribution in [0.2, 0.25) is 0 Å². The van der Waals surface area contributed by atoms with Crippen LogP contribution in [0.1, 0.15) is 161 Å². The number of carbonyl (C=O) groups excluding carboxylic acids is 14. The molecular weight excluding hydrogens is 1470 g/mol. The Morgan fingerprint density at radius 2 is 0.786 bits per heavy atom. The molecule has 0 radical (unpaired) electrons. The Balaban J connectivity index is 1.10. The van der Waals surface area contributed by atoms with Gasteiger partial charge in [-0.3, -0.25) is 81.5 Å². The Morgan fingerprint density at radius 1 is 0.402 bits per heavy atom. The average molecular weight is 1580 g/mol. The lowest BCUT2D eigenvalue weighted by Gasteiger charge is -2.31. The van der Waals surface area contributed by atoms with Crippen molar-refractivity contribution in [3.05, 3.63) is 35.9 Å². The molecule has 20 N–H and O–H groups in total. The maximum atomic E-state index is 14.7. The van der Waals surface area contributed by atoms with E-state index in [1.165, 1.54) is 30.6 Å². The van der Waals surface area contributed by atoms with Crippen LogP contribution in [-0.2, 0) is 92.7 Å². The van der Waals surface area contributed by atoms with E-state index in [1.807, 2.05) is 0 Å². The van der Waals surface area contributed by atoms with Crippen molar-refractivity contribution in [1.29, 1.82) is 0 Å². The van der Waals surface area contributed by atoms with Gasteiger partial charge in [0.1, 0.15) is 84.6 Å². The molecule has 14 amide bonds. The number of hydrogen-bond donors (Lipinski definition) is 18. The molecule has 0 spiro atoms. The van der Waals surface area contributed by atoms with E-state index in [2.05, 4.69) is 58.5 Å². The Bertz CT molecular complexity index is 3550. The third-order valence-corrected chi connectivity index (χ3v) is 20.3. The van der Waals surface area contributed by atoms with Gasteiger partial charge in [-0.05, 0) is 162 Å². The van der Waals surface area contributed by atoms with Crippen molar-refractivity contribution in [2.45, 2.75) is 253 Å². The highest BCUT2D eigenvalue weighted by Crippen LogP contribution is 2.25. The first kappa shape index (κ1) is 90.4. The third-order valence-electron chi connectivity index (χ3n) is 20.3. The van der Waals surface area contributed by atoms with E-state index >= 15 is 0 Å². The molecule has 0 unspecified atom stereocenters. The summed E-state index contributed by atoms with van der Waals surface area (Å²) in [4.78, 5) is 249. The zero-order valence-corrected chi connectivity index (χ0v) is 63.3. The molecule has 620 valence electrons. The minimum Gasteiger partial charge on any atom is -0.481 e. The quantitative estimate of drug-likeness (QED) is 0.0271. The number of carboxylic acids is 4. The predicted octanol–water partition coefficient (Wildman–Crippen LogP) is -5.61. The van der Waals surface area contributed by atoms with Gasteiger partial charge in [-0.2, -0.15) is 0 Å². The highest BCUT2D eigenvalue weighted by molar-refractivity contribution is 6.01. The summed E-state index contributed by atoms with van der Waals surface area (Å²) in [6, 6.07) is -12.2. The van der Waals surface area contributed by atoms with E-state index in [9.17, 15) is 112 Å². The van der Waals surface area contributed by atoms with Crippen molar-refractivity contribution in [2.24, 2.45) is 11.5 Å². The summed E-state index contributed by atoms with van der Waals surface area (Å²) >= 11 is 0. The number of hydrogen-bond acceptors (Lipinski definition) is 22. The number of unbranched alkanes of at least 4 members (excludes halogenated alkanes) is 2. The predicted molar refractivity (Wildman–Crippen MR) is 393 cm³/mol. The number of aliphatic carboxylic acids is 4. The Kier molecular flexibility index (Phi) is 35.9. The maximum absolute atomic E-state index is 14.7. The van der Waals surface area contributed by atoms with Gasteiger partial charge in [-0.15, -0.1) is 0 Å². The molecule has 40 nitrogen and oxygen atoms in total. The molecule has 5 saturated heterocycles. The number of aliphatic hydroxyl groups is 1. The average Bonchev–Trinajstić information content (AvgIpc) is 1.62. The normalized spacial score (nSPS) is 20.6. The van der Waals surface area contributed by atoms with E-state index in [1.54, 1.807) is 30.3 Å². The first-order chi connectivity index (χ1) is 53.3. The topological polar surface area (TPSA) is 606 Å². The number of nitrogens with two attached hydrogens (primary N) is 2. The van der Waals surface area contributed by atoms with Gasteiger partial charge in [0.2, 0.25) is 82.7 Å². The summed E-state index contributed by atoms with van der Waals surface area (Å²) in [5.74, 6) is -17.6. The van der Waals surface area contributed by atoms with Gasteiger partial charge in [0.05, 0.1) is 19.1 Å². The molecule has 112 heavy (non-hydrogen) atoms. The molecule has 5 heterocycles. The van der Waals surface area contributed by atoms with Gasteiger partial charge in [0, 0.05) is 45.4 Å². The van der Waals surface area contributed by atoms with Gasteiger partial charge < -0.3 is 115 Å². The largest absolute Gasteiger partial charge is 0.481 e. The fraction of sp³-hybridized carbons (Fsp3) is 0.667. The monoisotopic (exact) mass is 1580 g/mol. The Morgan fingerprint density at radius 3 is 1.21 bits per heavy atom. The second-order valence-electron chi connectivity index (χ2n) is 28.8. The minimum atomic E-state index is -1.85. The number of likely N-dealkylation sites (tertiary alicyclic amines) is 4. The fourth-order valence-corrected chi connectivity index (χ4v) is 14.3. The second-order valence-corrected chi connectivity index (χ2v) is 28.8. The smallest absolute Gasteiger partial charge is 0.328 e. The van der Waals surface area contributed by atoms with Crippen LogP contribution in [-0.4, -0.2) is 295 Å². The van der Waals surface area contributed by atoms with Crippen LogP contribution < -0.4 is 70.0 Å². The third kappa shape index (κ3) is 26.6. The van der Waals surface area contributed by atoms with Gasteiger partial charge in [0.15, 0.2) is 0 Å².